The lowest BCUT2D eigenvalue weighted by Crippen LogP contribution is -2.33. The predicted molar refractivity (Wildman–Crippen MR) is 130 cm³/mol. The molecule has 34 heavy (non-hydrogen) atoms. The smallest absolute Gasteiger partial charge is 0.325 e. The van der Waals surface area contributed by atoms with Crippen LogP contribution in [-0.2, 0) is 22.4 Å². The first-order chi connectivity index (χ1) is 16.7. The third-order valence-electron chi connectivity index (χ3n) is 6.93. The second kappa shape index (κ2) is 10.7. The summed E-state index contributed by atoms with van der Waals surface area (Å²) in [6.07, 6.45) is 8.77. The third kappa shape index (κ3) is 5.88. The number of carboxylic acids is 1. The fourth-order valence-electron chi connectivity index (χ4n) is 4.91. The number of aliphatic carboxylic acids is 1. The van der Waals surface area contributed by atoms with E-state index in [2.05, 4.69) is 17.4 Å². The van der Waals surface area contributed by atoms with Crippen LogP contribution < -0.4 is 10.1 Å². The van der Waals surface area contributed by atoms with Crippen LogP contribution in [0.5, 0.6) is 5.75 Å². The maximum absolute atomic E-state index is 12.1. The molecule has 1 aromatic heterocycles. The molecule has 1 aliphatic carbocycles. The Kier molecular flexibility index (Phi) is 7.30. The van der Waals surface area contributed by atoms with E-state index in [9.17, 15) is 9.90 Å². The first-order valence-electron chi connectivity index (χ1n) is 12.7. The number of fused-ring (bicyclic) bond motifs is 1. The Labute approximate surface area is 201 Å². The van der Waals surface area contributed by atoms with Crippen molar-refractivity contribution in [3.05, 3.63) is 53.2 Å². The molecule has 3 heterocycles. The minimum absolute atomic E-state index is 0.0883. The summed E-state index contributed by atoms with van der Waals surface area (Å²) >= 11 is 0. The van der Waals surface area contributed by atoms with Crippen LogP contribution in [-0.4, -0.2) is 59.4 Å². The average molecular weight is 466 g/mol. The molecule has 2 fully saturated rings. The van der Waals surface area contributed by atoms with Crippen LogP contribution in [0.3, 0.4) is 0 Å². The topological polar surface area (TPSA) is 83.9 Å². The monoisotopic (exact) mass is 465 g/mol. The molecule has 7 nitrogen and oxygen atoms in total. The van der Waals surface area contributed by atoms with Gasteiger partial charge in [0.2, 0.25) is 0 Å². The standard InChI is InChI=1S/C27H35N3O4/c31-27(32)25(19-7-10-22(11-8-19)34-23-12-13-23)30-16-14-24(18-30)33-17-2-1-5-21-9-6-20-4-3-15-28-26(20)29-21/h6-11,23-25H,1-5,12-18H2,(H,28,29)(H,31,32). The summed E-state index contributed by atoms with van der Waals surface area (Å²) in [5.74, 6) is 1.06. The highest BCUT2D eigenvalue weighted by atomic mass is 16.5. The van der Waals surface area contributed by atoms with E-state index in [0.29, 0.717) is 19.3 Å². The lowest BCUT2D eigenvalue weighted by molar-refractivity contribution is -0.143. The van der Waals surface area contributed by atoms with Gasteiger partial charge in [0, 0.05) is 31.9 Å². The number of rotatable bonds is 11. The Hall–Kier alpha value is -2.64. The van der Waals surface area contributed by atoms with Crippen molar-refractivity contribution < 1.29 is 19.4 Å². The van der Waals surface area contributed by atoms with Gasteiger partial charge in [-0.15, -0.1) is 0 Å². The van der Waals surface area contributed by atoms with E-state index >= 15 is 0 Å². The molecule has 2 aromatic rings. The van der Waals surface area contributed by atoms with Gasteiger partial charge in [-0.1, -0.05) is 18.2 Å². The molecule has 1 aromatic carbocycles. The molecular weight excluding hydrogens is 430 g/mol. The summed E-state index contributed by atoms with van der Waals surface area (Å²) < 4.78 is 11.9. The molecule has 2 N–H and O–H groups in total. The Bertz CT molecular complexity index is 976. The fourth-order valence-corrected chi connectivity index (χ4v) is 4.91. The number of benzene rings is 1. The summed E-state index contributed by atoms with van der Waals surface area (Å²) in [6, 6.07) is 11.3. The fraction of sp³-hybridized carbons (Fsp3) is 0.556. The maximum atomic E-state index is 12.1. The van der Waals surface area contributed by atoms with Gasteiger partial charge < -0.3 is 19.9 Å². The molecule has 0 spiro atoms. The zero-order valence-electron chi connectivity index (χ0n) is 19.7. The number of nitrogens with one attached hydrogen (secondary N) is 1. The lowest BCUT2D eigenvalue weighted by atomic mass is 10.1. The molecule has 5 rings (SSSR count). The van der Waals surface area contributed by atoms with Crippen LogP contribution >= 0.6 is 0 Å². The van der Waals surface area contributed by atoms with Crippen LogP contribution in [0.4, 0.5) is 5.82 Å². The number of ether oxygens (including phenoxy) is 2. The van der Waals surface area contributed by atoms with E-state index in [0.717, 1.165) is 80.9 Å². The largest absolute Gasteiger partial charge is 0.490 e. The van der Waals surface area contributed by atoms with Gasteiger partial charge in [-0.05, 0) is 80.7 Å². The number of hydrogen-bond acceptors (Lipinski definition) is 6. The van der Waals surface area contributed by atoms with Crippen molar-refractivity contribution in [3.63, 3.8) is 0 Å². The summed E-state index contributed by atoms with van der Waals surface area (Å²) in [5, 5.41) is 13.3. The number of aromatic nitrogens is 1. The van der Waals surface area contributed by atoms with Gasteiger partial charge in [0.25, 0.3) is 0 Å². The average Bonchev–Trinajstić information content (AvgIpc) is 3.55. The van der Waals surface area contributed by atoms with Crippen molar-refractivity contribution in [2.24, 2.45) is 0 Å². The minimum Gasteiger partial charge on any atom is -0.490 e. The zero-order chi connectivity index (χ0) is 23.3. The second-order valence-electron chi connectivity index (χ2n) is 9.70. The SMILES string of the molecule is O=C(O)C(c1ccc(OC2CC2)cc1)N1CCC(OCCCCc2ccc3c(n2)NCCC3)C1. The number of carboxylic acid groups (broad SMARTS) is 1. The van der Waals surface area contributed by atoms with Crippen molar-refractivity contribution >= 4 is 11.8 Å². The quantitative estimate of drug-likeness (QED) is 0.481. The highest BCUT2D eigenvalue weighted by molar-refractivity contribution is 5.75. The van der Waals surface area contributed by atoms with E-state index < -0.39 is 12.0 Å². The lowest BCUT2D eigenvalue weighted by Gasteiger charge is -2.24. The number of nitrogens with zero attached hydrogens (tertiary/aromatic N) is 2. The van der Waals surface area contributed by atoms with Gasteiger partial charge in [-0.3, -0.25) is 9.69 Å². The Morgan fingerprint density at radius 3 is 2.76 bits per heavy atom. The Morgan fingerprint density at radius 2 is 1.97 bits per heavy atom. The number of carbonyl (C=O) groups is 1. The second-order valence-corrected chi connectivity index (χ2v) is 9.70. The predicted octanol–water partition coefficient (Wildman–Crippen LogP) is 4.22. The minimum atomic E-state index is -0.816. The van der Waals surface area contributed by atoms with Crippen LogP contribution in [0.25, 0.3) is 0 Å². The third-order valence-corrected chi connectivity index (χ3v) is 6.93. The summed E-state index contributed by atoms with van der Waals surface area (Å²) in [6.45, 7) is 3.09. The van der Waals surface area contributed by atoms with Gasteiger partial charge in [-0.25, -0.2) is 4.98 Å². The number of pyridine rings is 1. The number of hydrogen-bond donors (Lipinski definition) is 2. The van der Waals surface area contributed by atoms with Gasteiger partial charge in [0.05, 0.1) is 12.2 Å². The summed E-state index contributed by atoms with van der Waals surface area (Å²) in [7, 11) is 0. The van der Waals surface area contributed by atoms with Crippen LogP contribution in [0.2, 0.25) is 0 Å². The maximum Gasteiger partial charge on any atom is 0.325 e. The zero-order valence-corrected chi connectivity index (χ0v) is 19.7. The van der Waals surface area contributed by atoms with Crippen molar-refractivity contribution in [2.75, 3.05) is 31.6 Å². The normalized spacial score (nSPS) is 21.0. The van der Waals surface area contributed by atoms with E-state index in [-0.39, 0.29) is 6.10 Å². The first-order valence-corrected chi connectivity index (χ1v) is 12.7. The highest BCUT2D eigenvalue weighted by Gasteiger charge is 2.34. The van der Waals surface area contributed by atoms with E-state index in [1.54, 1.807) is 0 Å². The summed E-state index contributed by atoms with van der Waals surface area (Å²) in [5.41, 5.74) is 3.26. The van der Waals surface area contributed by atoms with Crippen molar-refractivity contribution in [3.8, 4) is 5.75 Å². The highest BCUT2D eigenvalue weighted by Crippen LogP contribution is 2.30. The number of likely N-dealkylation sites (tertiary alicyclic amines) is 1. The van der Waals surface area contributed by atoms with E-state index in [1.807, 2.05) is 29.2 Å². The molecule has 0 bridgehead atoms. The molecule has 2 atom stereocenters. The number of unbranched alkanes of at least 4 members (excludes halogenated alkanes) is 1. The molecule has 7 heteroatoms. The van der Waals surface area contributed by atoms with Crippen molar-refractivity contribution in [2.45, 2.75) is 69.6 Å². The molecule has 1 saturated heterocycles. The first kappa shape index (κ1) is 23.1. The molecule has 182 valence electrons. The molecule has 2 unspecified atom stereocenters. The molecular formula is C27H35N3O4. The number of aryl methyl sites for hydroxylation is 2. The molecule has 0 amide bonds. The van der Waals surface area contributed by atoms with Crippen LogP contribution in [0, 0.1) is 0 Å². The van der Waals surface area contributed by atoms with Crippen molar-refractivity contribution in [1.82, 2.24) is 9.88 Å². The molecule has 0 radical (unpaired) electrons. The van der Waals surface area contributed by atoms with Gasteiger partial charge in [0.1, 0.15) is 17.6 Å². The van der Waals surface area contributed by atoms with Crippen LogP contribution in [0.1, 0.15) is 61.4 Å². The molecule has 2 aliphatic heterocycles. The van der Waals surface area contributed by atoms with Crippen LogP contribution in [0.15, 0.2) is 36.4 Å². The van der Waals surface area contributed by atoms with E-state index in [1.165, 1.54) is 12.0 Å². The van der Waals surface area contributed by atoms with Crippen molar-refractivity contribution in [1.29, 1.82) is 0 Å². The molecule has 1 saturated carbocycles. The van der Waals surface area contributed by atoms with Gasteiger partial charge in [0.15, 0.2) is 0 Å². The Morgan fingerprint density at radius 1 is 1.12 bits per heavy atom. The van der Waals surface area contributed by atoms with Gasteiger partial charge >= 0.3 is 5.97 Å². The molecule has 3 aliphatic rings. The van der Waals surface area contributed by atoms with Gasteiger partial charge in [-0.2, -0.15) is 0 Å². The van der Waals surface area contributed by atoms with E-state index in [4.69, 9.17) is 14.5 Å². The number of anilines is 1. The summed E-state index contributed by atoms with van der Waals surface area (Å²) in [4.78, 5) is 18.9. The Balaban J connectivity index is 1.05.